The highest BCUT2D eigenvalue weighted by Crippen LogP contribution is 2.12. The maximum atomic E-state index is 12.1. The minimum absolute atomic E-state index is 0.0443. The van der Waals surface area contributed by atoms with Gasteiger partial charge in [0, 0.05) is 24.1 Å². The molecular weight excluding hydrogens is 250 g/mol. The maximum Gasteiger partial charge on any atom is 0.241 e. The molecule has 0 saturated heterocycles. The van der Waals surface area contributed by atoms with Gasteiger partial charge in [-0.2, -0.15) is 0 Å². The fourth-order valence-corrected chi connectivity index (χ4v) is 1.97. The van der Waals surface area contributed by atoms with Crippen LogP contribution in [-0.4, -0.2) is 16.9 Å². The zero-order valence-corrected chi connectivity index (χ0v) is 11.7. The molecule has 1 heterocycles. The van der Waals surface area contributed by atoms with E-state index in [0.29, 0.717) is 0 Å². The number of rotatable bonds is 5. The van der Waals surface area contributed by atoms with Gasteiger partial charge in [0.15, 0.2) is 0 Å². The van der Waals surface area contributed by atoms with Gasteiger partial charge in [-0.1, -0.05) is 18.2 Å². The van der Waals surface area contributed by atoms with E-state index in [9.17, 15) is 4.79 Å². The SMILES string of the molecule is CC(N[C@@H](C)c1ccncc1)C(=O)Nc1ccccc1. The predicted octanol–water partition coefficient (Wildman–Crippen LogP) is 2.76. The lowest BCUT2D eigenvalue weighted by atomic mass is 10.1. The molecule has 104 valence electrons. The summed E-state index contributed by atoms with van der Waals surface area (Å²) in [6, 6.07) is 13.2. The molecule has 0 aliphatic rings. The van der Waals surface area contributed by atoms with E-state index < -0.39 is 0 Å². The van der Waals surface area contributed by atoms with Gasteiger partial charge in [-0.15, -0.1) is 0 Å². The van der Waals surface area contributed by atoms with Crippen LogP contribution in [0.1, 0.15) is 25.5 Å². The molecule has 1 unspecified atom stereocenters. The molecule has 20 heavy (non-hydrogen) atoms. The summed E-state index contributed by atoms with van der Waals surface area (Å²) in [7, 11) is 0. The van der Waals surface area contributed by atoms with Gasteiger partial charge in [0.25, 0.3) is 0 Å². The van der Waals surface area contributed by atoms with Gasteiger partial charge in [0.1, 0.15) is 0 Å². The summed E-state index contributed by atoms with van der Waals surface area (Å²) in [5.74, 6) is -0.0443. The first-order chi connectivity index (χ1) is 9.66. The van der Waals surface area contributed by atoms with Crippen molar-refractivity contribution in [2.75, 3.05) is 5.32 Å². The lowest BCUT2D eigenvalue weighted by molar-refractivity contribution is -0.117. The lowest BCUT2D eigenvalue weighted by Crippen LogP contribution is -2.39. The van der Waals surface area contributed by atoms with Gasteiger partial charge in [-0.3, -0.25) is 15.1 Å². The molecule has 1 amide bonds. The van der Waals surface area contributed by atoms with E-state index in [0.717, 1.165) is 11.3 Å². The van der Waals surface area contributed by atoms with Crippen LogP contribution in [0.2, 0.25) is 0 Å². The molecule has 2 aromatic rings. The van der Waals surface area contributed by atoms with Gasteiger partial charge in [-0.25, -0.2) is 0 Å². The van der Waals surface area contributed by atoms with Crippen molar-refractivity contribution < 1.29 is 4.79 Å². The van der Waals surface area contributed by atoms with Crippen molar-refractivity contribution in [2.45, 2.75) is 25.9 Å². The van der Waals surface area contributed by atoms with E-state index in [-0.39, 0.29) is 18.0 Å². The number of para-hydroxylation sites is 1. The smallest absolute Gasteiger partial charge is 0.241 e. The number of anilines is 1. The van der Waals surface area contributed by atoms with Gasteiger partial charge in [0.05, 0.1) is 6.04 Å². The summed E-state index contributed by atoms with van der Waals surface area (Å²) in [6.45, 7) is 3.89. The van der Waals surface area contributed by atoms with Gasteiger partial charge < -0.3 is 5.32 Å². The van der Waals surface area contributed by atoms with Crippen molar-refractivity contribution in [1.29, 1.82) is 0 Å². The van der Waals surface area contributed by atoms with Crippen molar-refractivity contribution in [2.24, 2.45) is 0 Å². The average molecular weight is 269 g/mol. The first-order valence-corrected chi connectivity index (χ1v) is 6.68. The Morgan fingerprint density at radius 1 is 1.05 bits per heavy atom. The molecule has 0 radical (unpaired) electrons. The van der Waals surface area contributed by atoms with Crippen molar-refractivity contribution in [3.8, 4) is 0 Å². The number of nitrogens with zero attached hydrogens (tertiary/aromatic N) is 1. The molecule has 0 spiro atoms. The summed E-state index contributed by atoms with van der Waals surface area (Å²) >= 11 is 0. The van der Waals surface area contributed by atoms with Gasteiger partial charge in [-0.05, 0) is 43.7 Å². The van der Waals surface area contributed by atoms with Crippen LogP contribution < -0.4 is 10.6 Å². The molecule has 4 heteroatoms. The summed E-state index contributed by atoms with van der Waals surface area (Å²) in [5, 5.41) is 6.16. The highest BCUT2D eigenvalue weighted by molar-refractivity contribution is 5.94. The second-order valence-corrected chi connectivity index (χ2v) is 4.75. The Hall–Kier alpha value is -2.20. The summed E-state index contributed by atoms with van der Waals surface area (Å²) in [4.78, 5) is 16.1. The molecule has 0 saturated carbocycles. The average Bonchev–Trinajstić information content (AvgIpc) is 2.49. The number of nitrogens with one attached hydrogen (secondary N) is 2. The molecule has 0 fully saturated rings. The molecule has 1 aromatic heterocycles. The third-order valence-electron chi connectivity index (χ3n) is 3.14. The highest BCUT2D eigenvalue weighted by Gasteiger charge is 2.16. The first kappa shape index (κ1) is 14.2. The number of carbonyl (C=O) groups excluding carboxylic acids is 1. The van der Waals surface area contributed by atoms with Crippen molar-refractivity contribution >= 4 is 11.6 Å². The monoisotopic (exact) mass is 269 g/mol. The Morgan fingerprint density at radius 2 is 1.70 bits per heavy atom. The molecule has 0 bridgehead atoms. The minimum Gasteiger partial charge on any atom is -0.325 e. The van der Waals surface area contributed by atoms with Crippen LogP contribution in [0.15, 0.2) is 54.9 Å². The molecule has 2 N–H and O–H groups in total. The Morgan fingerprint density at radius 3 is 2.35 bits per heavy atom. The Labute approximate surface area is 119 Å². The second kappa shape index (κ2) is 6.82. The molecule has 1 aromatic carbocycles. The van der Waals surface area contributed by atoms with Crippen LogP contribution in [0.5, 0.6) is 0 Å². The zero-order valence-electron chi connectivity index (χ0n) is 11.7. The predicted molar refractivity (Wildman–Crippen MR) is 80.3 cm³/mol. The Balaban J connectivity index is 1.91. The number of hydrogen-bond acceptors (Lipinski definition) is 3. The van der Waals surface area contributed by atoms with E-state index in [1.165, 1.54) is 0 Å². The van der Waals surface area contributed by atoms with E-state index in [4.69, 9.17) is 0 Å². The summed E-state index contributed by atoms with van der Waals surface area (Å²) in [6.07, 6.45) is 3.50. The van der Waals surface area contributed by atoms with Gasteiger partial charge in [0.2, 0.25) is 5.91 Å². The van der Waals surface area contributed by atoms with Crippen LogP contribution >= 0.6 is 0 Å². The normalized spacial score (nSPS) is 13.5. The Kier molecular flexibility index (Phi) is 4.85. The maximum absolute atomic E-state index is 12.1. The number of benzene rings is 1. The topological polar surface area (TPSA) is 54.0 Å². The van der Waals surface area contributed by atoms with Crippen molar-refractivity contribution in [3.63, 3.8) is 0 Å². The van der Waals surface area contributed by atoms with Crippen LogP contribution in [0.4, 0.5) is 5.69 Å². The van der Waals surface area contributed by atoms with Crippen LogP contribution in [0.25, 0.3) is 0 Å². The van der Waals surface area contributed by atoms with E-state index >= 15 is 0 Å². The summed E-state index contributed by atoms with van der Waals surface area (Å²) in [5.41, 5.74) is 1.92. The fourth-order valence-electron chi connectivity index (χ4n) is 1.97. The molecule has 2 atom stereocenters. The molecule has 4 nitrogen and oxygen atoms in total. The third kappa shape index (κ3) is 3.90. The third-order valence-corrected chi connectivity index (χ3v) is 3.14. The first-order valence-electron chi connectivity index (χ1n) is 6.68. The number of carbonyl (C=O) groups is 1. The largest absolute Gasteiger partial charge is 0.325 e. The number of pyridine rings is 1. The standard InChI is InChI=1S/C16H19N3O/c1-12(14-8-10-17-11-9-14)18-13(2)16(20)19-15-6-4-3-5-7-15/h3-13,18H,1-2H3,(H,19,20)/t12-,13?/m0/s1. The second-order valence-electron chi connectivity index (χ2n) is 4.75. The van der Waals surface area contributed by atoms with E-state index in [1.807, 2.05) is 56.3 Å². The van der Waals surface area contributed by atoms with E-state index in [1.54, 1.807) is 12.4 Å². The van der Waals surface area contributed by atoms with Crippen molar-refractivity contribution in [1.82, 2.24) is 10.3 Å². The number of aromatic nitrogens is 1. The molecule has 2 rings (SSSR count). The van der Waals surface area contributed by atoms with Crippen molar-refractivity contribution in [3.05, 3.63) is 60.4 Å². The Bertz CT molecular complexity index is 542. The number of hydrogen-bond donors (Lipinski definition) is 2. The van der Waals surface area contributed by atoms with Gasteiger partial charge >= 0.3 is 0 Å². The molecular formula is C16H19N3O. The minimum atomic E-state index is -0.279. The van der Waals surface area contributed by atoms with Crippen LogP contribution in [0, 0.1) is 0 Å². The van der Waals surface area contributed by atoms with Crippen LogP contribution in [0.3, 0.4) is 0 Å². The van der Waals surface area contributed by atoms with Crippen LogP contribution in [-0.2, 0) is 4.79 Å². The quantitative estimate of drug-likeness (QED) is 0.877. The highest BCUT2D eigenvalue weighted by atomic mass is 16.2. The fraction of sp³-hybridized carbons (Fsp3) is 0.250. The number of amides is 1. The summed E-state index contributed by atoms with van der Waals surface area (Å²) < 4.78 is 0. The molecule has 0 aliphatic heterocycles. The zero-order chi connectivity index (χ0) is 14.4. The lowest BCUT2D eigenvalue weighted by Gasteiger charge is -2.19. The van der Waals surface area contributed by atoms with E-state index in [2.05, 4.69) is 15.6 Å². The molecule has 0 aliphatic carbocycles.